The molecule has 4 rings (SSSR count). The van der Waals surface area contributed by atoms with E-state index in [9.17, 15) is 27.6 Å². The summed E-state index contributed by atoms with van der Waals surface area (Å²) in [5.74, 6) is -1.42. The first-order chi connectivity index (χ1) is 15.2. The van der Waals surface area contributed by atoms with Crippen LogP contribution < -0.4 is 10.9 Å². The van der Waals surface area contributed by atoms with Gasteiger partial charge in [-0.1, -0.05) is 6.07 Å². The predicted octanol–water partition coefficient (Wildman–Crippen LogP) is 3.50. The molecule has 2 heterocycles. The van der Waals surface area contributed by atoms with Gasteiger partial charge in [-0.05, 0) is 37.1 Å². The fourth-order valence-electron chi connectivity index (χ4n) is 3.30. The van der Waals surface area contributed by atoms with Crippen molar-refractivity contribution < 1.29 is 27.5 Å². The average molecular weight is 446 g/mol. The van der Waals surface area contributed by atoms with Crippen molar-refractivity contribution in [1.82, 2.24) is 14.8 Å². The van der Waals surface area contributed by atoms with Crippen molar-refractivity contribution in [3.8, 4) is 5.69 Å². The van der Waals surface area contributed by atoms with Gasteiger partial charge in [0, 0.05) is 12.1 Å². The van der Waals surface area contributed by atoms with E-state index in [4.69, 9.17) is 0 Å². The Bertz CT molecular complexity index is 1260. The van der Waals surface area contributed by atoms with Crippen LogP contribution in [0.3, 0.4) is 0 Å². The third kappa shape index (κ3) is 4.13. The minimum Gasteiger partial charge on any atom is -0.465 e. The van der Waals surface area contributed by atoms with Crippen molar-refractivity contribution in [3.05, 3.63) is 75.5 Å². The molecule has 0 unspecified atom stereocenters. The molecule has 1 aliphatic carbocycles. The van der Waals surface area contributed by atoms with Crippen LogP contribution in [0.4, 0.5) is 18.9 Å². The summed E-state index contributed by atoms with van der Waals surface area (Å²) in [5, 5.41) is 6.59. The SMILES string of the molecule is COC(=O)c1c[nH]c(=O)c(NC(=O)c2cnn(-c3cccc(C(F)(F)F)c3)c2C2CC2)c1. The highest BCUT2D eigenvalue weighted by atomic mass is 19.4. The maximum Gasteiger partial charge on any atom is 0.416 e. The number of carbonyl (C=O) groups excluding carboxylic acids is 2. The van der Waals surface area contributed by atoms with Gasteiger partial charge < -0.3 is 15.0 Å². The Kier molecular flexibility index (Phi) is 5.33. The van der Waals surface area contributed by atoms with Gasteiger partial charge in [-0.3, -0.25) is 9.59 Å². The molecule has 0 radical (unpaired) electrons. The van der Waals surface area contributed by atoms with E-state index in [0.717, 1.165) is 31.2 Å². The van der Waals surface area contributed by atoms with Crippen molar-refractivity contribution >= 4 is 17.6 Å². The lowest BCUT2D eigenvalue weighted by Crippen LogP contribution is -2.21. The van der Waals surface area contributed by atoms with E-state index in [1.807, 2.05) is 0 Å². The first-order valence-corrected chi connectivity index (χ1v) is 9.57. The van der Waals surface area contributed by atoms with Crippen LogP contribution in [0.25, 0.3) is 5.69 Å². The number of aromatic amines is 1. The molecule has 1 amide bonds. The van der Waals surface area contributed by atoms with E-state index in [-0.39, 0.29) is 28.4 Å². The molecule has 8 nitrogen and oxygen atoms in total. The monoisotopic (exact) mass is 446 g/mol. The summed E-state index contributed by atoms with van der Waals surface area (Å²) in [7, 11) is 1.18. The van der Waals surface area contributed by atoms with E-state index in [0.29, 0.717) is 5.69 Å². The molecule has 11 heteroatoms. The van der Waals surface area contributed by atoms with Crippen molar-refractivity contribution in [3.63, 3.8) is 0 Å². The quantitative estimate of drug-likeness (QED) is 0.584. The third-order valence-corrected chi connectivity index (χ3v) is 5.01. The van der Waals surface area contributed by atoms with Crippen LogP contribution in [-0.4, -0.2) is 33.8 Å². The Labute approximate surface area is 179 Å². The molecule has 2 aromatic heterocycles. The number of benzene rings is 1. The molecule has 1 fully saturated rings. The highest BCUT2D eigenvalue weighted by Gasteiger charge is 2.34. The summed E-state index contributed by atoms with van der Waals surface area (Å²) >= 11 is 0. The van der Waals surface area contributed by atoms with Crippen molar-refractivity contribution in [1.29, 1.82) is 0 Å². The van der Waals surface area contributed by atoms with Gasteiger partial charge in [0.1, 0.15) is 5.69 Å². The smallest absolute Gasteiger partial charge is 0.416 e. The number of ether oxygens (including phenoxy) is 1. The van der Waals surface area contributed by atoms with Crippen LogP contribution >= 0.6 is 0 Å². The number of nitrogens with zero attached hydrogens (tertiary/aromatic N) is 2. The second-order valence-corrected chi connectivity index (χ2v) is 7.25. The molecule has 1 saturated carbocycles. The van der Waals surface area contributed by atoms with E-state index in [2.05, 4.69) is 20.1 Å². The normalized spacial score (nSPS) is 13.6. The molecule has 0 atom stereocenters. The summed E-state index contributed by atoms with van der Waals surface area (Å²) in [4.78, 5) is 39.1. The number of amides is 1. The zero-order valence-corrected chi connectivity index (χ0v) is 16.7. The van der Waals surface area contributed by atoms with Gasteiger partial charge in [-0.15, -0.1) is 0 Å². The van der Waals surface area contributed by atoms with Crippen LogP contribution in [0.5, 0.6) is 0 Å². The second kappa shape index (κ2) is 7.98. The summed E-state index contributed by atoms with van der Waals surface area (Å²) in [6, 6.07) is 5.84. The van der Waals surface area contributed by atoms with Crippen molar-refractivity contribution in [2.45, 2.75) is 24.9 Å². The van der Waals surface area contributed by atoms with E-state index in [1.165, 1.54) is 36.2 Å². The van der Waals surface area contributed by atoms with Gasteiger partial charge in [-0.25, -0.2) is 9.48 Å². The topological polar surface area (TPSA) is 106 Å². The van der Waals surface area contributed by atoms with Crippen LogP contribution in [0, 0.1) is 0 Å². The standard InChI is InChI=1S/C21H17F3N4O4/c1-32-20(31)12-7-16(19(30)25-9-12)27-18(29)15-10-26-28(17(15)11-5-6-11)14-4-2-3-13(8-14)21(22,23)24/h2-4,7-11H,5-6H2,1H3,(H,25,30)(H,27,29). The minimum absolute atomic E-state index is 0.0319. The molecule has 166 valence electrons. The first kappa shape index (κ1) is 21.3. The summed E-state index contributed by atoms with van der Waals surface area (Å²) in [5.41, 5.74) is -0.842. The molecule has 0 spiro atoms. The number of alkyl halides is 3. The van der Waals surface area contributed by atoms with Gasteiger partial charge in [-0.2, -0.15) is 18.3 Å². The summed E-state index contributed by atoms with van der Waals surface area (Å²) in [6.45, 7) is 0. The Hall–Kier alpha value is -3.89. The molecule has 32 heavy (non-hydrogen) atoms. The molecule has 2 N–H and O–H groups in total. The van der Waals surface area contributed by atoms with Crippen LogP contribution in [0.1, 0.15) is 50.7 Å². The molecule has 1 aromatic carbocycles. The van der Waals surface area contributed by atoms with Crippen LogP contribution in [0.2, 0.25) is 0 Å². The minimum atomic E-state index is -4.52. The number of esters is 1. The predicted molar refractivity (Wildman–Crippen MR) is 107 cm³/mol. The number of carbonyl (C=O) groups is 2. The van der Waals surface area contributed by atoms with Gasteiger partial charge in [0.15, 0.2) is 0 Å². The highest BCUT2D eigenvalue weighted by molar-refractivity contribution is 6.05. The van der Waals surface area contributed by atoms with Gasteiger partial charge in [0.05, 0.1) is 41.4 Å². The average Bonchev–Trinajstić information content (AvgIpc) is 3.51. The fourth-order valence-corrected chi connectivity index (χ4v) is 3.30. The molecule has 3 aromatic rings. The lowest BCUT2D eigenvalue weighted by atomic mass is 10.1. The molecule has 0 aliphatic heterocycles. The number of aromatic nitrogens is 3. The summed E-state index contributed by atoms with van der Waals surface area (Å²) in [6.07, 6.45) is -0.603. The number of methoxy groups -OCH3 is 1. The Balaban J connectivity index is 1.69. The number of pyridine rings is 1. The van der Waals surface area contributed by atoms with Crippen molar-refractivity contribution in [2.75, 3.05) is 12.4 Å². The molecule has 0 saturated heterocycles. The van der Waals surface area contributed by atoms with E-state index >= 15 is 0 Å². The molecule has 1 aliphatic rings. The van der Waals surface area contributed by atoms with Gasteiger partial charge in [0.25, 0.3) is 11.5 Å². The van der Waals surface area contributed by atoms with Crippen molar-refractivity contribution in [2.24, 2.45) is 0 Å². The third-order valence-electron chi connectivity index (χ3n) is 5.01. The highest BCUT2D eigenvalue weighted by Crippen LogP contribution is 2.43. The summed E-state index contributed by atoms with van der Waals surface area (Å²) < 4.78 is 45.3. The lowest BCUT2D eigenvalue weighted by Gasteiger charge is -2.12. The maximum absolute atomic E-state index is 13.1. The lowest BCUT2D eigenvalue weighted by molar-refractivity contribution is -0.137. The molecular weight excluding hydrogens is 429 g/mol. The molecule has 0 bridgehead atoms. The van der Waals surface area contributed by atoms with Crippen LogP contribution in [0.15, 0.2) is 47.5 Å². The zero-order valence-electron chi connectivity index (χ0n) is 16.7. The maximum atomic E-state index is 13.1. The first-order valence-electron chi connectivity index (χ1n) is 9.57. The zero-order chi connectivity index (χ0) is 23.0. The number of nitrogens with one attached hydrogen (secondary N) is 2. The second-order valence-electron chi connectivity index (χ2n) is 7.25. The van der Waals surface area contributed by atoms with E-state index < -0.39 is 29.2 Å². The van der Waals surface area contributed by atoms with E-state index in [1.54, 1.807) is 0 Å². The van der Waals surface area contributed by atoms with Crippen LogP contribution in [-0.2, 0) is 10.9 Å². The number of hydrogen-bond acceptors (Lipinski definition) is 5. The number of rotatable bonds is 5. The largest absolute Gasteiger partial charge is 0.465 e. The number of anilines is 1. The molecular formula is C21H17F3N4O4. The Morgan fingerprint density at radius 1 is 1.25 bits per heavy atom. The van der Waals surface area contributed by atoms with Gasteiger partial charge in [0.2, 0.25) is 0 Å². The number of hydrogen-bond donors (Lipinski definition) is 2. The Morgan fingerprint density at radius 2 is 2.00 bits per heavy atom. The van der Waals surface area contributed by atoms with Gasteiger partial charge >= 0.3 is 12.1 Å². The Morgan fingerprint density at radius 3 is 2.66 bits per heavy atom. The number of halogens is 3. The number of H-pyrrole nitrogens is 1. The fraction of sp³-hybridized carbons (Fsp3) is 0.238.